The normalized spacial score (nSPS) is 11.8. The second-order valence-electron chi connectivity index (χ2n) is 5.71. The molecule has 0 unspecified atom stereocenters. The third-order valence-corrected chi connectivity index (χ3v) is 4.88. The van der Waals surface area contributed by atoms with Gasteiger partial charge in [0.2, 0.25) is 5.91 Å². The first kappa shape index (κ1) is 18.9. The number of carbonyl (C=O) groups excluding carboxylic acids is 1. The number of rotatable bonds is 8. The van der Waals surface area contributed by atoms with Crippen LogP contribution >= 0.6 is 27.7 Å². The number of ether oxygens (including phenoxy) is 1. The van der Waals surface area contributed by atoms with Gasteiger partial charge in [-0.15, -0.1) is 11.8 Å². The van der Waals surface area contributed by atoms with Gasteiger partial charge >= 0.3 is 0 Å². The molecule has 1 N–H and O–H groups in total. The molecule has 0 bridgehead atoms. The number of benzene rings is 2. The summed E-state index contributed by atoms with van der Waals surface area (Å²) in [6, 6.07) is 16.0. The van der Waals surface area contributed by atoms with E-state index in [0.29, 0.717) is 12.4 Å². The van der Waals surface area contributed by atoms with Gasteiger partial charge in [-0.1, -0.05) is 45.8 Å². The number of nitrogens with one attached hydrogen (secondary N) is 1. The lowest BCUT2D eigenvalue weighted by Crippen LogP contribution is -2.37. The number of thioether (sulfide) groups is 1. The van der Waals surface area contributed by atoms with Crippen LogP contribution in [0.25, 0.3) is 0 Å². The van der Waals surface area contributed by atoms with Crippen molar-refractivity contribution in [1.29, 1.82) is 0 Å². The van der Waals surface area contributed by atoms with Gasteiger partial charge in [0.05, 0.1) is 11.8 Å². The van der Waals surface area contributed by atoms with E-state index in [1.165, 1.54) is 11.1 Å². The van der Waals surface area contributed by atoms with E-state index in [9.17, 15) is 4.79 Å². The molecule has 2 aromatic rings. The van der Waals surface area contributed by atoms with Crippen LogP contribution in [-0.4, -0.2) is 24.3 Å². The first-order valence-corrected chi connectivity index (χ1v) is 9.79. The lowest BCUT2D eigenvalue weighted by atomic mass is 10.2. The number of hydrogen-bond acceptors (Lipinski definition) is 3. The number of aryl methyl sites for hydroxylation is 1. The summed E-state index contributed by atoms with van der Waals surface area (Å²) in [7, 11) is 0. The SMILES string of the molecule is Cc1ccc(OC[C@@H](C)NC(=O)CSCc2ccc(Br)cc2)cc1. The van der Waals surface area contributed by atoms with Gasteiger partial charge in [0.15, 0.2) is 0 Å². The van der Waals surface area contributed by atoms with Gasteiger partial charge in [-0.05, 0) is 43.7 Å². The average molecular weight is 408 g/mol. The molecule has 3 nitrogen and oxygen atoms in total. The van der Waals surface area contributed by atoms with E-state index in [2.05, 4.69) is 33.4 Å². The van der Waals surface area contributed by atoms with Gasteiger partial charge in [-0.25, -0.2) is 0 Å². The topological polar surface area (TPSA) is 38.3 Å². The fourth-order valence-electron chi connectivity index (χ4n) is 2.06. The molecule has 2 rings (SSSR count). The van der Waals surface area contributed by atoms with Crippen molar-refractivity contribution in [3.63, 3.8) is 0 Å². The standard InChI is InChI=1S/C19H22BrNO2S/c1-14-3-9-18(10-4-14)23-11-15(2)21-19(22)13-24-12-16-5-7-17(20)8-6-16/h3-10,15H,11-13H2,1-2H3,(H,21,22)/t15-/m1/s1. The molecule has 0 aliphatic rings. The molecular formula is C19H22BrNO2S. The highest BCUT2D eigenvalue weighted by atomic mass is 79.9. The molecule has 0 aromatic heterocycles. The maximum Gasteiger partial charge on any atom is 0.230 e. The highest BCUT2D eigenvalue weighted by molar-refractivity contribution is 9.10. The minimum Gasteiger partial charge on any atom is -0.491 e. The zero-order valence-electron chi connectivity index (χ0n) is 13.9. The highest BCUT2D eigenvalue weighted by Gasteiger charge is 2.08. The van der Waals surface area contributed by atoms with E-state index in [1.54, 1.807) is 11.8 Å². The van der Waals surface area contributed by atoms with Crippen LogP contribution in [0.5, 0.6) is 5.75 Å². The van der Waals surface area contributed by atoms with Crippen molar-refractivity contribution < 1.29 is 9.53 Å². The van der Waals surface area contributed by atoms with Gasteiger partial charge in [-0.2, -0.15) is 0 Å². The Morgan fingerprint density at radius 2 is 1.83 bits per heavy atom. The quantitative estimate of drug-likeness (QED) is 0.695. The van der Waals surface area contributed by atoms with Crippen LogP contribution < -0.4 is 10.1 Å². The van der Waals surface area contributed by atoms with Crippen molar-refractivity contribution in [3.05, 3.63) is 64.1 Å². The van der Waals surface area contributed by atoms with E-state index in [4.69, 9.17) is 4.74 Å². The van der Waals surface area contributed by atoms with E-state index >= 15 is 0 Å². The summed E-state index contributed by atoms with van der Waals surface area (Å²) >= 11 is 5.03. The summed E-state index contributed by atoms with van der Waals surface area (Å²) in [4.78, 5) is 12.0. The van der Waals surface area contributed by atoms with Crippen LogP contribution in [0.3, 0.4) is 0 Å². The van der Waals surface area contributed by atoms with E-state index in [1.807, 2.05) is 50.2 Å². The Hall–Kier alpha value is -1.46. The van der Waals surface area contributed by atoms with Crippen molar-refractivity contribution in [1.82, 2.24) is 5.32 Å². The first-order valence-electron chi connectivity index (χ1n) is 7.84. The van der Waals surface area contributed by atoms with Crippen LogP contribution in [0, 0.1) is 6.92 Å². The lowest BCUT2D eigenvalue weighted by molar-refractivity contribution is -0.119. The summed E-state index contributed by atoms with van der Waals surface area (Å²) in [5, 5.41) is 2.96. The predicted molar refractivity (Wildman–Crippen MR) is 105 cm³/mol. The molecule has 0 saturated heterocycles. The second kappa shape index (κ2) is 9.74. The van der Waals surface area contributed by atoms with E-state index in [-0.39, 0.29) is 11.9 Å². The zero-order valence-corrected chi connectivity index (χ0v) is 16.3. The van der Waals surface area contributed by atoms with Crippen molar-refractivity contribution in [2.75, 3.05) is 12.4 Å². The molecular weight excluding hydrogens is 386 g/mol. The van der Waals surface area contributed by atoms with Crippen LogP contribution in [-0.2, 0) is 10.5 Å². The maximum atomic E-state index is 12.0. The summed E-state index contributed by atoms with van der Waals surface area (Å²) in [5.41, 5.74) is 2.42. The average Bonchev–Trinajstić information content (AvgIpc) is 2.56. The fraction of sp³-hybridized carbons (Fsp3) is 0.316. The minimum atomic E-state index is -0.0212. The number of halogens is 1. The highest BCUT2D eigenvalue weighted by Crippen LogP contribution is 2.16. The number of hydrogen-bond donors (Lipinski definition) is 1. The van der Waals surface area contributed by atoms with Crippen molar-refractivity contribution in [2.24, 2.45) is 0 Å². The molecule has 2 aromatic carbocycles. The minimum absolute atomic E-state index is 0.0212. The van der Waals surface area contributed by atoms with Crippen LogP contribution in [0.1, 0.15) is 18.1 Å². The van der Waals surface area contributed by atoms with Gasteiger partial charge in [0.25, 0.3) is 0 Å². The largest absolute Gasteiger partial charge is 0.491 e. The first-order chi connectivity index (χ1) is 11.5. The van der Waals surface area contributed by atoms with Crippen LogP contribution in [0.4, 0.5) is 0 Å². The van der Waals surface area contributed by atoms with Gasteiger partial charge in [-0.3, -0.25) is 4.79 Å². The Balaban J connectivity index is 1.64. The molecule has 128 valence electrons. The molecule has 0 spiro atoms. The smallest absolute Gasteiger partial charge is 0.230 e. The molecule has 1 atom stereocenters. The summed E-state index contributed by atoms with van der Waals surface area (Å²) in [6.45, 7) is 4.45. The van der Waals surface area contributed by atoms with Crippen LogP contribution in [0.2, 0.25) is 0 Å². The van der Waals surface area contributed by atoms with Crippen molar-refractivity contribution in [2.45, 2.75) is 25.6 Å². The lowest BCUT2D eigenvalue weighted by Gasteiger charge is -2.15. The number of carbonyl (C=O) groups is 1. The van der Waals surface area contributed by atoms with Gasteiger partial charge in [0.1, 0.15) is 12.4 Å². The van der Waals surface area contributed by atoms with E-state index < -0.39 is 0 Å². The molecule has 24 heavy (non-hydrogen) atoms. The molecule has 0 aliphatic carbocycles. The summed E-state index contributed by atoms with van der Waals surface area (Å²) in [5.74, 6) is 2.14. The Labute approximate surface area is 156 Å². The zero-order chi connectivity index (χ0) is 17.4. The summed E-state index contributed by atoms with van der Waals surface area (Å²) in [6.07, 6.45) is 0. The molecule has 0 saturated carbocycles. The van der Waals surface area contributed by atoms with Gasteiger partial charge < -0.3 is 10.1 Å². The molecule has 0 heterocycles. The second-order valence-corrected chi connectivity index (χ2v) is 7.61. The maximum absolute atomic E-state index is 12.0. The monoisotopic (exact) mass is 407 g/mol. The Kier molecular flexibility index (Phi) is 7.66. The molecule has 0 radical (unpaired) electrons. The predicted octanol–water partition coefficient (Wildman–Crippen LogP) is 4.57. The Morgan fingerprint density at radius 1 is 1.17 bits per heavy atom. The van der Waals surface area contributed by atoms with Gasteiger partial charge in [0, 0.05) is 10.2 Å². The molecule has 0 fully saturated rings. The molecule has 1 amide bonds. The third-order valence-electron chi connectivity index (χ3n) is 3.34. The Bertz CT molecular complexity index is 643. The fourth-order valence-corrected chi connectivity index (χ4v) is 3.12. The van der Waals surface area contributed by atoms with Crippen LogP contribution in [0.15, 0.2) is 53.0 Å². The molecule has 5 heteroatoms. The Morgan fingerprint density at radius 3 is 2.50 bits per heavy atom. The third kappa shape index (κ3) is 6.97. The number of amides is 1. The van der Waals surface area contributed by atoms with Crippen molar-refractivity contribution >= 4 is 33.6 Å². The van der Waals surface area contributed by atoms with E-state index in [0.717, 1.165) is 16.0 Å². The molecule has 0 aliphatic heterocycles. The summed E-state index contributed by atoms with van der Waals surface area (Å²) < 4.78 is 6.75. The van der Waals surface area contributed by atoms with Crippen molar-refractivity contribution in [3.8, 4) is 5.75 Å².